The van der Waals surface area contributed by atoms with Crippen LogP contribution < -0.4 is 5.32 Å². The van der Waals surface area contributed by atoms with E-state index >= 15 is 0 Å². The highest BCUT2D eigenvalue weighted by atomic mass is 32.2. The van der Waals surface area contributed by atoms with Gasteiger partial charge in [-0.15, -0.1) is 0 Å². The Bertz CT molecular complexity index is 665. The highest BCUT2D eigenvalue weighted by Gasteiger charge is 2.44. The number of anilines is 1. The van der Waals surface area contributed by atoms with Gasteiger partial charge in [0, 0.05) is 11.9 Å². The summed E-state index contributed by atoms with van der Waals surface area (Å²) >= 11 is 0. The molecule has 0 aliphatic heterocycles. The molecule has 1 aromatic carbocycles. The first kappa shape index (κ1) is 15.5. The fourth-order valence-electron chi connectivity index (χ4n) is 2.09. The maximum Gasteiger partial charge on any atom is 0.307 e. The van der Waals surface area contributed by atoms with Gasteiger partial charge in [0.05, 0.1) is 5.92 Å². The topological polar surface area (TPSA) is 101 Å². The lowest BCUT2D eigenvalue weighted by molar-refractivity contribution is -0.138. The Labute approximate surface area is 123 Å². The first-order chi connectivity index (χ1) is 9.70. The lowest BCUT2D eigenvalue weighted by atomic mass is 10.1. The average molecular weight is 311 g/mol. The molecule has 1 amide bonds. The minimum Gasteiger partial charge on any atom is -0.481 e. The summed E-state index contributed by atoms with van der Waals surface area (Å²) in [6.45, 7) is 1.33. The van der Waals surface area contributed by atoms with Crippen molar-refractivity contribution in [1.29, 1.82) is 0 Å². The third-order valence-corrected chi connectivity index (χ3v) is 5.22. The molecule has 0 aromatic heterocycles. The maximum atomic E-state index is 11.8. The Hall–Kier alpha value is -1.89. The van der Waals surface area contributed by atoms with E-state index in [1.165, 1.54) is 6.92 Å². The van der Waals surface area contributed by atoms with Gasteiger partial charge in [-0.05, 0) is 37.0 Å². The molecular weight excluding hydrogens is 294 g/mol. The molecule has 0 bridgehead atoms. The molecule has 3 atom stereocenters. The van der Waals surface area contributed by atoms with Gasteiger partial charge in [-0.25, -0.2) is 8.42 Å². The van der Waals surface area contributed by atoms with Crippen molar-refractivity contribution < 1.29 is 23.1 Å². The number of carboxylic acid groups (broad SMARTS) is 1. The molecular formula is C14H17NO5S. The van der Waals surface area contributed by atoms with Gasteiger partial charge in [0.25, 0.3) is 0 Å². The van der Waals surface area contributed by atoms with Crippen molar-refractivity contribution in [1.82, 2.24) is 0 Å². The van der Waals surface area contributed by atoms with Crippen LogP contribution in [0.3, 0.4) is 0 Å². The van der Waals surface area contributed by atoms with E-state index in [1.807, 2.05) is 0 Å². The molecule has 2 N–H and O–H groups in total. The van der Waals surface area contributed by atoms with E-state index in [9.17, 15) is 18.0 Å². The van der Waals surface area contributed by atoms with Crippen molar-refractivity contribution in [3.05, 3.63) is 29.8 Å². The van der Waals surface area contributed by atoms with Crippen molar-refractivity contribution in [3.63, 3.8) is 0 Å². The van der Waals surface area contributed by atoms with Crippen LogP contribution in [0.4, 0.5) is 5.69 Å². The number of amides is 1. The highest BCUT2D eigenvalue weighted by Crippen LogP contribution is 2.47. The summed E-state index contributed by atoms with van der Waals surface area (Å²) in [5.41, 5.74) is 1.41. The van der Waals surface area contributed by atoms with Crippen LogP contribution in [0.5, 0.6) is 0 Å². The van der Waals surface area contributed by atoms with E-state index in [0.29, 0.717) is 12.1 Å². The predicted molar refractivity (Wildman–Crippen MR) is 77.9 cm³/mol. The second-order valence-corrected chi connectivity index (χ2v) is 7.74. The normalized spacial score (nSPS) is 22.4. The molecule has 1 unspecified atom stereocenters. The van der Waals surface area contributed by atoms with Crippen LogP contribution in [0.2, 0.25) is 0 Å². The van der Waals surface area contributed by atoms with Crippen molar-refractivity contribution in [2.24, 2.45) is 5.92 Å². The number of sulfone groups is 1. The molecule has 1 aromatic rings. The maximum absolute atomic E-state index is 11.8. The van der Waals surface area contributed by atoms with Crippen LogP contribution >= 0.6 is 0 Å². The summed E-state index contributed by atoms with van der Waals surface area (Å²) in [6, 6.07) is 6.82. The Morgan fingerprint density at radius 1 is 1.29 bits per heavy atom. The van der Waals surface area contributed by atoms with Crippen LogP contribution in [0, 0.1) is 5.92 Å². The summed E-state index contributed by atoms with van der Waals surface area (Å²) in [6.07, 6.45) is 1.64. The van der Waals surface area contributed by atoms with E-state index in [-0.39, 0.29) is 11.8 Å². The van der Waals surface area contributed by atoms with Crippen LogP contribution in [0.1, 0.15) is 24.8 Å². The molecule has 1 aliphatic carbocycles. The van der Waals surface area contributed by atoms with Crippen molar-refractivity contribution >= 4 is 27.4 Å². The first-order valence-electron chi connectivity index (χ1n) is 6.52. The van der Waals surface area contributed by atoms with Gasteiger partial charge in [0.15, 0.2) is 9.84 Å². The van der Waals surface area contributed by atoms with Gasteiger partial charge < -0.3 is 10.4 Å². The molecule has 2 rings (SSSR count). The smallest absolute Gasteiger partial charge is 0.307 e. The van der Waals surface area contributed by atoms with Gasteiger partial charge in [0.1, 0.15) is 5.25 Å². The fraction of sp³-hybridized carbons (Fsp3) is 0.429. The van der Waals surface area contributed by atoms with Crippen LogP contribution in [-0.2, 0) is 19.4 Å². The number of carbonyl (C=O) groups excluding carboxylic acids is 1. The van der Waals surface area contributed by atoms with Crippen LogP contribution in [0.15, 0.2) is 24.3 Å². The molecule has 0 saturated heterocycles. The molecule has 114 valence electrons. The van der Waals surface area contributed by atoms with Crippen molar-refractivity contribution in [2.75, 3.05) is 11.6 Å². The predicted octanol–water partition coefficient (Wildman–Crippen LogP) is 1.25. The molecule has 1 aliphatic rings. The minimum atomic E-state index is -3.43. The van der Waals surface area contributed by atoms with Gasteiger partial charge >= 0.3 is 5.97 Å². The Morgan fingerprint density at radius 2 is 1.86 bits per heavy atom. The molecule has 1 fully saturated rings. The Balaban J connectivity index is 2.01. The molecule has 6 nitrogen and oxygen atoms in total. The molecule has 21 heavy (non-hydrogen) atoms. The van der Waals surface area contributed by atoms with Crippen LogP contribution in [0.25, 0.3) is 0 Å². The zero-order valence-electron chi connectivity index (χ0n) is 11.7. The number of hydrogen-bond acceptors (Lipinski definition) is 4. The number of rotatable bonds is 5. The van der Waals surface area contributed by atoms with Gasteiger partial charge in [0.2, 0.25) is 5.91 Å². The fourth-order valence-corrected chi connectivity index (χ4v) is 2.54. The van der Waals surface area contributed by atoms with Gasteiger partial charge in [-0.1, -0.05) is 12.1 Å². The largest absolute Gasteiger partial charge is 0.481 e. The average Bonchev–Trinajstić information content (AvgIpc) is 3.18. The number of nitrogens with one attached hydrogen (secondary N) is 1. The summed E-state index contributed by atoms with van der Waals surface area (Å²) < 4.78 is 22.6. The SMILES string of the molecule is CC(C(=O)Nc1ccc([C@@H]2C[C@H]2C(=O)O)cc1)S(C)(=O)=O. The summed E-state index contributed by atoms with van der Waals surface area (Å²) in [4.78, 5) is 22.6. The zero-order valence-corrected chi connectivity index (χ0v) is 12.6. The molecule has 7 heteroatoms. The van der Waals surface area contributed by atoms with Gasteiger partial charge in [-0.2, -0.15) is 0 Å². The van der Waals surface area contributed by atoms with Crippen LogP contribution in [-0.4, -0.2) is 36.9 Å². The van der Waals surface area contributed by atoms with Gasteiger partial charge in [-0.3, -0.25) is 9.59 Å². The van der Waals surface area contributed by atoms with E-state index in [2.05, 4.69) is 5.32 Å². The first-order valence-corrected chi connectivity index (χ1v) is 8.48. The monoisotopic (exact) mass is 311 g/mol. The van der Waals surface area contributed by atoms with Crippen molar-refractivity contribution in [2.45, 2.75) is 24.5 Å². The second kappa shape index (κ2) is 5.48. The quantitative estimate of drug-likeness (QED) is 0.852. The summed E-state index contributed by atoms with van der Waals surface area (Å²) in [5.74, 6) is -1.67. The number of carbonyl (C=O) groups is 2. The molecule has 0 heterocycles. The Kier molecular flexibility index (Phi) is 4.04. The standard InChI is InChI=1S/C14H17NO5S/c1-8(21(2,19)20)13(16)15-10-5-3-9(4-6-10)11-7-12(11)14(17)18/h3-6,8,11-12H,7H2,1-2H3,(H,15,16)(H,17,18)/t8?,11-,12+/m0/s1. The third-order valence-electron chi connectivity index (χ3n) is 3.73. The summed E-state index contributed by atoms with van der Waals surface area (Å²) in [5, 5.41) is 10.3. The second-order valence-electron chi connectivity index (χ2n) is 5.37. The van der Waals surface area contributed by atoms with Crippen molar-refractivity contribution in [3.8, 4) is 0 Å². The van der Waals surface area contributed by atoms with E-state index in [1.54, 1.807) is 24.3 Å². The lowest BCUT2D eigenvalue weighted by Crippen LogP contribution is -2.31. The van der Waals surface area contributed by atoms with E-state index < -0.39 is 27.0 Å². The van der Waals surface area contributed by atoms with E-state index in [0.717, 1.165) is 11.8 Å². The zero-order chi connectivity index (χ0) is 15.8. The molecule has 0 radical (unpaired) electrons. The number of benzene rings is 1. The highest BCUT2D eigenvalue weighted by molar-refractivity contribution is 7.92. The minimum absolute atomic E-state index is 0.0298. The lowest BCUT2D eigenvalue weighted by Gasteiger charge is -2.10. The van der Waals surface area contributed by atoms with E-state index in [4.69, 9.17) is 5.11 Å². The molecule has 1 saturated carbocycles. The number of carboxylic acids is 1. The third kappa shape index (κ3) is 3.60. The summed E-state index contributed by atoms with van der Waals surface area (Å²) in [7, 11) is -3.43. The number of hydrogen-bond donors (Lipinski definition) is 2. The number of aliphatic carboxylic acids is 1. The Morgan fingerprint density at radius 3 is 2.29 bits per heavy atom. The molecule has 0 spiro atoms.